The lowest BCUT2D eigenvalue weighted by Crippen LogP contribution is -2.05. The van der Waals surface area contributed by atoms with Crippen LogP contribution in [0.1, 0.15) is 35.3 Å². The molecular weight excluding hydrogens is 315 g/mol. The van der Waals surface area contributed by atoms with Crippen molar-refractivity contribution in [3.8, 4) is 5.75 Å². The van der Waals surface area contributed by atoms with E-state index in [-0.39, 0.29) is 0 Å². The molecule has 3 heteroatoms. The third-order valence-electron chi connectivity index (χ3n) is 4.21. The predicted molar refractivity (Wildman–Crippen MR) is 97.1 cm³/mol. The first-order valence-corrected chi connectivity index (χ1v) is 8.40. The Morgan fingerprint density at radius 2 is 1.64 bits per heavy atom. The molecule has 3 rings (SSSR count). The summed E-state index contributed by atoms with van der Waals surface area (Å²) in [5, 5.41) is 10.7. The molecule has 0 amide bonds. The smallest absolute Gasteiger partial charge is 0.126 e. The van der Waals surface area contributed by atoms with Gasteiger partial charge in [0.2, 0.25) is 0 Å². The molecule has 0 saturated carbocycles. The number of aliphatic hydroxyl groups excluding tert-OH is 1. The number of benzene rings is 3. The lowest BCUT2D eigenvalue weighted by Gasteiger charge is -2.17. The number of aliphatic hydroxyl groups is 1. The van der Waals surface area contributed by atoms with Crippen LogP contribution in [0.15, 0.2) is 72.8 Å². The molecule has 1 N–H and O–H groups in total. The van der Waals surface area contributed by atoms with Gasteiger partial charge in [0.1, 0.15) is 24.3 Å². The third kappa shape index (κ3) is 4.25. The minimum atomic E-state index is -0.938. The van der Waals surface area contributed by atoms with Crippen molar-refractivity contribution in [3.05, 3.63) is 101 Å². The highest BCUT2D eigenvalue weighted by atomic mass is 19.1. The van der Waals surface area contributed by atoms with Crippen LogP contribution in [0, 0.1) is 5.82 Å². The SMILES string of the molecule is CCc1ccc(C(O)c2cc(F)ccc2OCc2ccccc2)cc1. The molecule has 0 spiro atoms. The highest BCUT2D eigenvalue weighted by molar-refractivity contribution is 5.41. The van der Waals surface area contributed by atoms with Crippen molar-refractivity contribution in [2.75, 3.05) is 0 Å². The van der Waals surface area contributed by atoms with Gasteiger partial charge in [-0.25, -0.2) is 4.39 Å². The van der Waals surface area contributed by atoms with Gasteiger partial charge in [-0.3, -0.25) is 0 Å². The van der Waals surface area contributed by atoms with Crippen LogP contribution >= 0.6 is 0 Å². The number of rotatable bonds is 6. The van der Waals surface area contributed by atoms with Crippen LogP contribution in [0.5, 0.6) is 5.75 Å². The molecule has 0 bridgehead atoms. The van der Waals surface area contributed by atoms with Crippen LogP contribution < -0.4 is 4.74 Å². The highest BCUT2D eigenvalue weighted by Gasteiger charge is 2.17. The first-order valence-electron chi connectivity index (χ1n) is 8.40. The van der Waals surface area contributed by atoms with E-state index in [4.69, 9.17) is 4.74 Å². The van der Waals surface area contributed by atoms with Crippen molar-refractivity contribution in [1.29, 1.82) is 0 Å². The van der Waals surface area contributed by atoms with Gasteiger partial charge in [-0.1, -0.05) is 61.5 Å². The van der Waals surface area contributed by atoms with Crippen molar-refractivity contribution in [1.82, 2.24) is 0 Å². The summed E-state index contributed by atoms with van der Waals surface area (Å²) in [6.07, 6.45) is -0.00529. The fraction of sp³-hybridized carbons (Fsp3) is 0.182. The number of aryl methyl sites for hydroxylation is 1. The maximum Gasteiger partial charge on any atom is 0.126 e. The van der Waals surface area contributed by atoms with Gasteiger partial charge in [-0.05, 0) is 41.3 Å². The minimum Gasteiger partial charge on any atom is -0.489 e. The summed E-state index contributed by atoms with van der Waals surface area (Å²) < 4.78 is 19.6. The maximum atomic E-state index is 13.7. The van der Waals surface area contributed by atoms with Crippen molar-refractivity contribution in [3.63, 3.8) is 0 Å². The molecule has 0 heterocycles. The zero-order valence-corrected chi connectivity index (χ0v) is 14.2. The number of hydrogen-bond acceptors (Lipinski definition) is 2. The Bertz CT molecular complexity index is 813. The summed E-state index contributed by atoms with van der Waals surface area (Å²) in [4.78, 5) is 0. The molecule has 0 saturated heterocycles. The van der Waals surface area contributed by atoms with Gasteiger partial charge in [0, 0.05) is 5.56 Å². The van der Waals surface area contributed by atoms with E-state index in [9.17, 15) is 9.50 Å². The largest absolute Gasteiger partial charge is 0.489 e. The van der Waals surface area contributed by atoms with Gasteiger partial charge < -0.3 is 9.84 Å². The first-order chi connectivity index (χ1) is 12.2. The van der Waals surface area contributed by atoms with Gasteiger partial charge in [0.05, 0.1) is 0 Å². The molecule has 0 radical (unpaired) electrons. The number of ether oxygens (including phenoxy) is 1. The Hall–Kier alpha value is -2.65. The molecule has 0 aliphatic heterocycles. The summed E-state index contributed by atoms with van der Waals surface area (Å²) >= 11 is 0. The fourth-order valence-electron chi connectivity index (χ4n) is 2.71. The Labute approximate surface area is 147 Å². The van der Waals surface area contributed by atoms with Crippen LogP contribution in [0.4, 0.5) is 4.39 Å². The van der Waals surface area contributed by atoms with Crippen LogP contribution in [-0.4, -0.2) is 5.11 Å². The molecule has 128 valence electrons. The van der Waals surface area contributed by atoms with Gasteiger partial charge >= 0.3 is 0 Å². The van der Waals surface area contributed by atoms with E-state index >= 15 is 0 Å². The van der Waals surface area contributed by atoms with E-state index < -0.39 is 11.9 Å². The Kier molecular flexibility index (Phi) is 5.46. The Balaban J connectivity index is 1.84. The quantitative estimate of drug-likeness (QED) is 0.682. The van der Waals surface area contributed by atoms with E-state index in [0.717, 1.165) is 12.0 Å². The van der Waals surface area contributed by atoms with Gasteiger partial charge in [-0.2, -0.15) is 0 Å². The third-order valence-corrected chi connectivity index (χ3v) is 4.21. The van der Waals surface area contributed by atoms with Crippen molar-refractivity contribution in [2.45, 2.75) is 26.1 Å². The molecule has 25 heavy (non-hydrogen) atoms. The second-order valence-corrected chi connectivity index (χ2v) is 5.95. The van der Waals surface area contributed by atoms with Gasteiger partial charge in [0.15, 0.2) is 0 Å². The normalized spacial score (nSPS) is 12.0. The van der Waals surface area contributed by atoms with Crippen molar-refractivity contribution < 1.29 is 14.2 Å². The lowest BCUT2D eigenvalue weighted by atomic mass is 9.99. The van der Waals surface area contributed by atoms with E-state index in [1.54, 1.807) is 6.07 Å². The van der Waals surface area contributed by atoms with Gasteiger partial charge in [0.25, 0.3) is 0 Å². The van der Waals surface area contributed by atoms with Crippen LogP contribution in [-0.2, 0) is 13.0 Å². The molecule has 0 fully saturated rings. The number of halogens is 1. The maximum absolute atomic E-state index is 13.7. The molecular formula is C22H21FO2. The van der Waals surface area contributed by atoms with E-state index in [1.165, 1.54) is 17.7 Å². The zero-order valence-electron chi connectivity index (χ0n) is 14.2. The summed E-state index contributed by atoms with van der Waals surface area (Å²) in [5.74, 6) is 0.0867. The minimum absolute atomic E-state index is 0.362. The Morgan fingerprint density at radius 3 is 2.32 bits per heavy atom. The highest BCUT2D eigenvalue weighted by Crippen LogP contribution is 2.31. The van der Waals surface area contributed by atoms with Crippen LogP contribution in [0.2, 0.25) is 0 Å². The molecule has 3 aromatic carbocycles. The number of hydrogen-bond donors (Lipinski definition) is 1. The second kappa shape index (κ2) is 7.95. The monoisotopic (exact) mass is 336 g/mol. The average molecular weight is 336 g/mol. The summed E-state index contributed by atoms with van der Waals surface area (Å²) in [5.41, 5.74) is 3.35. The molecule has 1 unspecified atom stereocenters. The summed E-state index contributed by atoms with van der Waals surface area (Å²) in [6, 6.07) is 21.7. The first kappa shape index (κ1) is 17.2. The summed E-state index contributed by atoms with van der Waals surface area (Å²) in [7, 11) is 0. The van der Waals surface area contributed by atoms with E-state index in [1.807, 2.05) is 54.6 Å². The summed E-state index contributed by atoms with van der Waals surface area (Å²) in [6.45, 7) is 2.44. The topological polar surface area (TPSA) is 29.5 Å². The fourth-order valence-corrected chi connectivity index (χ4v) is 2.71. The zero-order chi connectivity index (χ0) is 17.6. The molecule has 2 nitrogen and oxygen atoms in total. The molecule has 0 aliphatic carbocycles. The van der Waals surface area contributed by atoms with Crippen LogP contribution in [0.25, 0.3) is 0 Å². The average Bonchev–Trinajstić information content (AvgIpc) is 2.67. The van der Waals surface area contributed by atoms with Crippen molar-refractivity contribution in [2.24, 2.45) is 0 Å². The predicted octanol–water partition coefficient (Wildman–Crippen LogP) is 5.05. The van der Waals surface area contributed by atoms with E-state index in [0.29, 0.717) is 23.5 Å². The standard InChI is InChI=1S/C22H21FO2/c1-2-16-8-10-18(11-9-16)22(24)20-14-19(23)12-13-21(20)25-15-17-6-4-3-5-7-17/h3-14,22,24H,2,15H2,1H3. The second-order valence-electron chi connectivity index (χ2n) is 5.95. The lowest BCUT2D eigenvalue weighted by molar-refractivity contribution is 0.208. The van der Waals surface area contributed by atoms with Crippen molar-refractivity contribution >= 4 is 0 Å². The molecule has 3 aromatic rings. The Morgan fingerprint density at radius 1 is 0.920 bits per heavy atom. The van der Waals surface area contributed by atoms with E-state index in [2.05, 4.69) is 6.92 Å². The molecule has 0 aromatic heterocycles. The van der Waals surface area contributed by atoms with Gasteiger partial charge in [-0.15, -0.1) is 0 Å². The van der Waals surface area contributed by atoms with Crippen LogP contribution in [0.3, 0.4) is 0 Å². The molecule has 1 atom stereocenters. The molecule has 0 aliphatic rings.